The topological polar surface area (TPSA) is 47.0 Å². The van der Waals surface area contributed by atoms with Crippen LogP contribution in [0.3, 0.4) is 0 Å². The number of hydrogen-bond acceptors (Lipinski definition) is 3. The smallest absolute Gasteiger partial charge is 0.205 e. The molecule has 0 aliphatic carbocycles. The highest BCUT2D eigenvalue weighted by molar-refractivity contribution is 8.13. The largest absolute Gasteiger partial charge is 0.281 e. The van der Waals surface area contributed by atoms with E-state index in [9.17, 15) is 26.0 Å². The molecule has 1 heterocycles. The standard InChI is InChI=1S/C6H2ClF4NO2S/c7-15(13,14)6-4(9)2(5(10)11)1-3(8)12-6/h1,5H. The second-order valence-corrected chi connectivity index (χ2v) is 4.87. The molecule has 15 heavy (non-hydrogen) atoms. The molecule has 0 unspecified atom stereocenters. The molecule has 1 rings (SSSR count). The van der Waals surface area contributed by atoms with Crippen molar-refractivity contribution in [1.29, 1.82) is 0 Å². The molecule has 3 nitrogen and oxygen atoms in total. The minimum atomic E-state index is -4.70. The van der Waals surface area contributed by atoms with E-state index in [4.69, 9.17) is 0 Å². The first kappa shape index (κ1) is 12.2. The van der Waals surface area contributed by atoms with Crippen LogP contribution in [0.15, 0.2) is 11.1 Å². The van der Waals surface area contributed by atoms with Crippen molar-refractivity contribution in [2.24, 2.45) is 0 Å². The lowest BCUT2D eigenvalue weighted by molar-refractivity contribution is 0.144. The van der Waals surface area contributed by atoms with Crippen LogP contribution < -0.4 is 0 Å². The van der Waals surface area contributed by atoms with Gasteiger partial charge in [-0.3, -0.25) is 0 Å². The predicted octanol–water partition coefficient (Wildman–Crippen LogP) is 2.22. The summed E-state index contributed by atoms with van der Waals surface area (Å²) in [6.07, 6.45) is -3.36. The first-order valence-corrected chi connectivity index (χ1v) is 5.63. The number of halogens is 5. The first-order chi connectivity index (χ1) is 6.73. The van der Waals surface area contributed by atoms with E-state index in [1.807, 2.05) is 0 Å². The molecule has 0 amide bonds. The number of rotatable bonds is 2. The molecular weight excluding hydrogens is 262 g/mol. The van der Waals surface area contributed by atoms with Gasteiger partial charge in [0.05, 0.1) is 5.56 Å². The third-order valence-corrected chi connectivity index (χ3v) is 2.56. The quantitative estimate of drug-likeness (QED) is 0.467. The fourth-order valence-electron chi connectivity index (χ4n) is 0.814. The number of pyridine rings is 1. The second kappa shape index (κ2) is 3.93. The van der Waals surface area contributed by atoms with Crippen LogP contribution >= 0.6 is 10.7 Å². The van der Waals surface area contributed by atoms with Gasteiger partial charge in [-0.1, -0.05) is 0 Å². The van der Waals surface area contributed by atoms with E-state index in [1.54, 1.807) is 0 Å². The highest BCUT2D eigenvalue weighted by Gasteiger charge is 2.26. The van der Waals surface area contributed by atoms with Crippen LogP contribution in [-0.2, 0) is 9.05 Å². The highest BCUT2D eigenvalue weighted by Crippen LogP contribution is 2.27. The SMILES string of the molecule is O=S(=O)(Cl)c1nc(F)cc(C(F)F)c1F. The van der Waals surface area contributed by atoms with Crippen molar-refractivity contribution < 1.29 is 26.0 Å². The molecule has 0 spiro atoms. The Labute approximate surface area is 86.1 Å². The zero-order valence-corrected chi connectivity index (χ0v) is 8.29. The van der Waals surface area contributed by atoms with Crippen LogP contribution in [0.2, 0.25) is 0 Å². The summed E-state index contributed by atoms with van der Waals surface area (Å²) in [5.74, 6) is -3.40. The molecule has 0 saturated heterocycles. The molecule has 84 valence electrons. The summed E-state index contributed by atoms with van der Waals surface area (Å²) < 4.78 is 71.1. The number of aromatic nitrogens is 1. The fourth-order valence-corrected chi connectivity index (χ4v) is 1.65. The lowest BCUT2D eigenvalue weighted by atomic mass is 10.2. The molecule has 0 saturated carbocycles. The molecule has 0 fully saturated rings. The molecule has 0 aliphatic rings. The van der Waals surface area contributed by atoms with Gasteiger partial charge in [-0.15, -0.1) is 0 Å². The fraction of sp³-hybridized carbons (Fsp3) is 0.167. The van der Waals surface area contributed by atoms with Crippen molar-refractivity contribution in [2.75, 3.05) is 0 Å². The summed E-state index contributed by atoms with van der Waals surface area (Å²) in [6, 6.07) is 0.103. The van der Waals surface area contributed by atoms with Gasteiger partial charge in [0.15, 0.2) is 5.82 Å². The van der Waals surface area contributed by atoms with Gasteiger partial charge in [0.2, 0.25) is 11.0 Å². The Bertz CT molecular complexity index is 490. The van der Waals surface area contributed by atoms with Crippen LogP contribution in [0.4, 0.5) is 17.6 Å². The number of hydrogen-bond donors (Lipinski definition) is 0. The summed E-state index contributed by atoms with van der Waals surface area (Å²) in [5.41, 5.74) is -1.40. The summed E-state index contributed by atoms with van der Waals surface area (Å²) in [5, 5.41) is -1.54. The molecule has 0 aliphatic heterocycles. The van der Waals surface area contributed by atoms with Gasteiger partial charge in [-0.05, 0) is 0 Å². The van der Waals surface area contributed by atoms with E-state index < -0.39 is 37.8 Å². The van der Waals surface area contributed by atoms with Crippen molar-refractivity contribution in [2.45, 2.75) is 11.5 Å². The molecule has 0 aromatic carbocycles. The minimum Gasteiger partial charge on any atom is -0.205 e. The third kappa shape index (κ3) is 2.57. The molecular formula is C6H2ClF4NO2S. The van der Waals surface area contributed by atoms with E-state index in [0.717, 1.165) is 0 Å². The van der Waals surface area contributed by atoms with Gasteiger partial charge in [-0.25, -0.2) is 26.6 Å². The zero-order valence-electron chi connectivity index (χ0n) is 6.72. The van der Waals surface area contributed by atoms with Crippen molar-refractivity contribution in [3.05, 3.63) is 23.4 Å². The van der Waals surface area contributed by atoms with Crippen molar-refractivity contribution >= 4 is 19.7 Å². The Morgan fingerprint density at radius 2 is 1.87 bits per heavy atom. The zero-order chi connectivity index (χ0) is 11.8. The van der Waals surface area contributed by atoms with E-state index in [0.29, 0.717) is 0 Å². The van der Waals surface area contributed by atoms with Crippen molar-refractivity contribution in [3.8, 4) is 0 Å². The van der Waals surface area contributed by atoms with Gasteiger partial charge in [0.25, 0.3) is 15.5 Å². The second-order valence-electron chi connectivity index (χ2n) is 2.39. The molecule has 0 N–H and O–H groups in total. The van der Waals surface area contributed by atoms with Gasteiger partial charge in [-0.2, -0.15) is 4.39 Å². The maximum Gasteiger partial charge on any atom is 0.281 e. The maximum atomic E-state index is 13.0. The maximum absolute atomic E-state index is 13.0. The van der Waals surface area contributed by atoms with Gasteiger partial charge in [0.1, 0.15) is 0 Å². The molecule has 0 radical (unpaired) electrons. The van der Waals surface area contributed by atoms with Gasteiger partial charge >= 0.3 is 0 Å². The van der Waals surface area contributed by atoms with Crippen molar-refractivity contribution in [3.63, 3.8) is 0 Å². The predicted molar refractivity (Wildman–Crippen MR) is 42.1 cm³/mol. The lowest BCUT2D eigenvalue weighted by Crippen LogP contribution is -2.06. The minimum absolute atomic E-state index is 0.103. The monoisotopic (exact) mass is 263 g/mol. The number of alkyl halides is 2. The Morgan fingerprint density at radius 3 is 2.27 bits per heavy atom. The Kier molecular flexibility index (Phi) is 3.19. The molecule has 1 aromatic rings. The molecule has 0 atom stereocenters. The summed E-state index contributed by atoms with van der Waals surface area (Å²) in [6.45, 7) is 0. The third-order valence-electron chi connectivity index (χ3n) is 1.39. The van der Waals surface area contributed by atoms with Crippen LogP contribution in [0.5, 0.6) is 0 Å². The van der Waals surface area contributed by atoms with Crippen molar-refractivity contribution in [1.82, 2.24) is 4.98 Å². The summed E-state index contributed by atoms with van der Waals surface area (Å²) in [7, 11) is -0.0286. The van der Waals surface area contributed by atoms with Crippen LogP contribution in [0.25, 0.3) is 0 Å². The van der Waals surface area contributed by atoms with E-state index >= 15 is 0 Å². The molecule has 9 heteroatoms. The molecule has 0 bridgehead atoms. The van der Waals surface area contributed by atoms with E-state index in [1.165, 1.54) is 0 Å². The lowest BCUT2D eigenvalue weighted by Gasteiger charge is -2.04. The van der Waals surface area contributed by atoms with Crippen LogP contribution in [0.1, 0.15) is 12.0 Å². The normalized spacial score (nSPS) is 12.1. The summed E-state index contributed by atoms with van der Waals surface area (Å²) in [4.78, 5) is 2.59. The number of nitrogens with zero attached hydrogens (tertiary/aromatic N) is 1. The van der Waals surface area contributed by atoms with Crippen LogP contribution in [0, 0.1) is 11.8 Å². The highest BCUT2D eigenvalue weighted by atomic mass is 35.7. The Hall–Kier alpha value is -0.890. The Morgan fingerprint density at radius 1 is 1.33 bits per heavy atom. The average Bonchev–Trinajstić information content (AvgIpc) is 2.06. The Balaban J connectivity index is 3.56. The first-order valence-electron chi connectivity index (χ1n) is 3.32. The summed E-state index contributed by atoms with van der Waals surface area (Å²) >= 11 is 0. The van der Waals surface area contributed by atoms with E-state index in [-0.39, 0.29) is 6.07 Å². The average molecular weight is 264 g/mol. The van der Waals surface area contributed by atoms with Crippen LogP contribution in [-0.4, -0.2) is 13.4 Å². The van der Waals surface area contributed by atoms with Gasteiger partial charge < -0.3 is 0 Å². The van der Waals surface area contributed by atoms with E-state index in [2.05, 4.69) is 15.7 Å². The molecule has 1 aromatic heterocycles. The van der Waals surface area contributed by atoms with Gasteiger partial charge in [0, 0.05) is 16.7 Å².